The molecule has 4 rings (SSSR count). The highest BCUT2D eigenvalue weighted by atomic mass is 35.5. The predicted molar refractivity (Wildman–Crippen MR) is 114 cm³/mol. The fourth-order valence-corrected chi connectivity index (χ4v) is 5.05. The number of rotatable bonds is 6. The van der Waals surface area contributed by atoms with E-state index in [1.807, 2.05) is 0 Å². The first kappa shape index (κ1) is 20.5. The minimum Gasteiger partial charge on any atom is -0.491 e. The van der Waals surface area contributed by atoms with Gasteiger partial charge in [0, 0.05) is 41.0 Å². The number of nitrogens with one attached hydrogen (secondary N) is 1. The van der Waals surface area contributed by atoms with Gasteiger partial charge in [-0.25, -0.2) is 0 Å². The number of nitrogens with zero attached hydrogens (tertiary/aromatic N) is 1. The van der Waals surface area contributed by atoms with Crippen LogP contribution in [0.3, 0.4) is 0 Å². The van der Waals surface area contributed by atoms with Gasteiger partial charge < -0.3 is 14.8 Å². The number of likely N-dealkylation sites (tertiary alicyclic amines) is 1. The summed E-state index contributed by atoms with van der Waals surface area (Å²) in [5, 5.41) is 11.1. The van der Waals surface area contributed by atoms with Crippen molar-refractivity contribution in [3.8, 4) is 5.75 Å². The van der Waals surface area contributed by atoms with Crippen LogP contribution in [0.4, 0.5) is 0 Å². The summed E-state index contributed by atoms with van der Waals surface area (Å²) < 4.78 is 5.67. The molecule has 1 unspecified atom stereocenters. The Hall–Kier alpha value is -1.82. The van der Waals surface area contributed by atoms with Crippen LogP contribution >= 0.6 is 11.6 Å². The number of carbonyl (C=O) groups excluding carboxylic acids is 1. The molecule has 2 heterocycles. The molecular formula is C23H29ClN2O3. The molecule has 1 aliphatic heterocycles. The van der Waals surface area contributed by atoms with E-state index in [9.17, 15) is 9.90 Å². The quantitative estimate of drug-likeness (QED) is 0.754. The van der Waals surface area contributed by atoms with Gasteiger partial charge in [0.2, 0.25) is 0 Å². The number of ketones is 1. The van der Waals surface area contributed by atoms with Crippen molar-refractivity contribution in [3.63, 3.8) is 0 Å². The highest BCUT2D eigenvalue weighted by Crippen LogP contribution is 2.38. The van der Waals surface area contributed by atoms with E-state index in [1.54, 1.807) is 24.3 Å². The average Bonchev–Trinajstić information content (AvgIpc) is 3.03. The molecule has 1 aromatic heterocycles. The fourth-order valence-electron chi connectivity index (χ4n) is 4.92. The Kier molecular flexibility index (Phi) is 6.00. The number of H-pyrrole nitrogens is 1. The molecule has 156 valence electrons. The number of aryl methyl sites for hydroxylation is 1. The molecule has 2 aromatic rings. The van der Waals surface area contributed by atoms with E-state index in [2.05, 4.69) is 23.7 Å². The lowest BCUT2D eigenvalue weighted by Crippen LogP contribution is -2.49. The smallest absolute Gasteiger partial charge is 0.169 e. The van der Waals surface area contributed by atoms with Gasteiger partial charge in [-0.1, -0.05) is 18.5 Å². The summed E-state index contributed by atoms with van der Waals surface area (Å²) in [5.41, 5.74) is 4.39. The minimum atomic E-state index is -0.600. The van der Waals surface area contributed by atoms with Crippen LogP contribution in [-0.2, 0) is 12.8 Å². The number of Topliss-reactive ketones (excluding diaryl/α,β-unsaturated/α-hetero) is 1. The van der Waals surface area contributed by atoms with Gasteiger partial charge in [0.1, 0.15) is 18.5 Å². The highest BCUT2D eigenvalue weighted by molar-refractivity contribution is 6.30. The number of aliphatic hydroxyl groups is 1. The van der Waals surface area contributed by atoms with Crippen molar-refractivity contribution in [1.82, 2.24) is 9.88 Å². The number of piperidine rings is 1. The molecule has 5 nitrogen and oxygen atoms in total. The van der Waals surface area contributed by atoms with Crippen molar-refractivity contribution in [3.05, 3.63) is 51.8 Å². The van der Waals surface area contributed by atoms with E-state index in [4.69, 9.17) is 16.3 Å². The normalized spacial score (nSPS) is 22.8. The molecule has 0 saturated carbocycles. The molecule has 1 saturated heterocycles. The van der Waals surface area contributed by atoms with Crippen molar-refractivity contribution >= 4 is 17.4 Å². The van der Waals surface area contributed by atoms with Gasteiger partial charge in [-0.05, 0) is 68.5 Å². The van der Waals surface area contributed by atoms with Crippen LogP contribution in [0.25, 0.3) is 0 Å². The molecule has 0 amide bonds. The molecule has 2 N–H and O–H groups in total. The van der Waals surface area contributed by atoms with Crippen LogP contribution in [-0.4, -0.2) is 53.1 Å². The summed E-state index contributed by atoms with van der Waals surface area (Å²) in [5.74, 6) is 1.41. The molecular weight excluding hydrogens is 388 g/mol. The second-order valence-corrected chi connectivity index (χ2v) is 8.77. The molecule has 0 spiro atoms. The van der Waals surface area contributed by atoms with Gasteiger partial charge >= 0.3 is 0 Å². The highest BCUT2D eigenvalue weighted by Gasteiger charge is 2.41. The molecule has 29 heavy (non-hydrogen) atoms. The Morgan fingerprint density at radius 3 is 2.83 bits per heavy atom. The Bertz CT molecular complexity index is 877. The standard InChI is InChI=1S/C23H29ClN2O3/c1-3-19-14(2)25-21-10-15-8-9-26(12-20(15)23(28)22(19)21)11-17(27)13-29-18-6-4-16(24)5-7-18/h4-7,15,17,20,25,27H,3,8-13H2,1-2H3/t15-,17?,20+/m0/s1. The number of halogens is 1. The van der Waals surface area contributed by atoms with Crippen LogP contribution in [0, 0.1) is 18.8 Å². The molecule has 0 bridgehead atoms. The topological polar surface area (TPSA) is 65.6 Å². The zero-order valence-electron chi connectivity index (χ0n) is 17.1. The van der Waals surface area contributed by atoms with Gasteiger partial charge in [-0.3, -0.25) is 9.69 Å². The van der Waals surface area contributed by atoms with E-state index < -0.39 is 6.10 Å². The number of ether oxygens (including phenoxy) is 1. The van der Waals surface area contributed by atoms with Crippen molar-refractivity contribution in [2.24, 2.45) is 11.8 Å². The summed E-state index contributed by atoms with van der Waals surface area (Å²) in [4.78, 5) is 18.9. The lowest BCUT2D eigenvalue weighted by molar-refractivity contribution is 0.0338. The lowest BCUT2D eigenvalue weighted by atomic mass is 9.72. The SMILES string of the molecule is CCc1c(C)[nH]c2c1C(=O)[C@@H]1CN(CC(O)COc3ccc(Cl)cc3)CC[C@H]1C2. The second kappa shape index (κ2) is 8.50. The number of carbonyl (C=O) groups is 1. The van der Waals surface area contributed by atoms with Gasteiger partial charge in [-0.15, -0.1) is 0 Å². The number of benzene rings is 1. The zero-order valence-corrected chi connectivity index (χ0v) is 17.8. The first-order chi connectivity index (χ1) is 14.0. The number of hydrogen-bond acceptors (Lipinski definition) is 4. The average molecular weight is 417 g/mol. The van der Waals surface area contributed by atoms with Crippen LogP contribution in [0.2, 0.25) is 5.02 Å². The van der Waals surface area contributed by atoms with Crippen molar-refractivity contribution < 1.29 is 14.6 Å². The summed E-state index contributed by atoms with van der Waals surface area (Å²) in [6, 6.07) is 7.13. The summed E-state index contributed by atoms with van der Waals surface area (Å²) in [6.07, 6.45) is 2.23. The fraction of sp³-hybridized carbons (Fsp3) is 0.522. The Labute approximate surface area is 177 Å². The van der Waals surface area contributed by atoms with Crippen LogP contribution in [0.5, 0.6) is 5.75 Å². The maximum atomic E-state index is 13.3. The maximum Gasteiger partial charge on any atom is 0.169 e. The summed E-state index contributed by atoms with van der Waals surface area (Å²) >= 11 is 5.88. The van der Waals surface area contributed by atoms with E-state index >= 15 is 0 Å². The first-order valence-corrected chi connectivity index (χ1v) is 10.9. The number of aromatic amines is 1. The molecule has 1 aliphatic carbocycles. The molecule has 3 atom stereocenters. The number of β-amino-alcohol motifs (C(OH)–C–C–N with tert-alkyl or cyclic N) is 1. The van der Waals surface area contributed by atoms with Gasteiger partial charge in [0.15, 0.2) is 5.78 Å². The van der Waals surface area contributed by atoms with E-state index in [1.165, 1.54) is 5.56 Å². The van der Waals surface area contributed by atoms with Crippen molar-refractivity contribution in [2.75, 3.05) is 26.2 Å². The first-order valence-electron chi connectivity index (χ1n) is 10.5. The van der Waals surface area contributed by atoms with Crippen LogP contribution in [0.1, 0.15) is 40.7 Å². The lowest BCUT2D eigenvalue weighted by Gasteiger charge is -2.40. The van der Waals surface area contributed by atoms with E-state index in [0.717, 1.165) is 42.8 Å². The molecule has 6 heteroatoms. The Morgan fingerprint density at radius 1 is 1.34 bits per heavy atom. The number of hydrogen-bond donors (Lipinski definition) is 2. The Morgan fingerprint density at radius 2 is 2.10 bits per heavy atom. The third-order valence-corrected chi connectivity index (χ3v) is 6.61. The second-order valence-electron chi connectivity index (χ2n) is 8.34. The molecule has 1 fully saturated rings. The Balaban J connectivity index is 1.36. The number of aromatic nitrogens is 1. The largest absolute Gasteiger partial charge is 0.491 e. The van der Waals surface area contributed by atoms with E-state index in [-0.39, 0.29) is 18.3 Å². The maximum absolute atomic E-state index is 13.3. The molecule has 2 aliphatic rings. The molecule has 0 radical (unpaired) electrons. The van der Waals surface area contributed by atoms with Crippen molar-refractivity contribution in [1.29, 1.82) is 0 Å². The van der Waals surface area contributed by atoms with Gasteiger partial charge in [0.25, 0.3) is 0 Å². The number of fused-ring (bicyclic) bond motifs is 2. The number of aliphatic hydroxyl groups excluding tert-OH is 1. The van der Waals surface area contributed by atoms with Crippen LogP contribution in [0.15, 0.2) is 24.3 Å². The summed E-state index contributed by atoms with van der Waals surface area (Å²) in [6.45, 7) is 6.54. The zero-order chi connectivity index (χ0) is 20.5. The monoisotopic (exact) mass is 416 g/mol. The molecule has 1 aromatic carbocycles. The van der Waals surface area contributed by atoms with E-state index in [0.29, 0.717) is 29.8 Å². The van der Waals surface area contributed by atoms with Crippen LogP contribution < -0.4 is 4.74 Å². The summed E-state index contributed by atoms with van der Waals surface area (Å²) in [7, 11) is 0. The predicted octanol–water partition coefficient (Wildman–Crippen LogP) is 3.66. The third-order valence-electron chi connectivity index (χ3n) is 6.36. The third kappa shape index (κ3) is 4.23. The minimum absolute atomic E-state index is 0.0288. The van der Waals surface area contributed by atoms with Gasteiger partial charge in [0.05, 0.1) is 0 Å². The van der Waals surface area contributed by atoms with Gasteiger partial charge in [-0.2, -0.15) is 0 Å². The van der Waals surface area contributed by atoms with Crippen molar-refractivity contribution in [2.45, 2.75) is 39.2 Å².